The Morgan fingerprint density at radius 3 is 1.80 bits per heavy atom. The van der Waals surface area contributed by atoms with Crippen molar-refractivity contribution in [2.75, 3.05) is 6.54 Å². The Labute approximate surface area is 116 Å². The zero-order valence-electron chi connectivity index (χ0n) is 12.1. The highest BCUT2D eigenvalue weighted by molar-refractivity contribution is 6.45. The predicted molar refractivity (Wildman–Crippen MR) is 68.3 cm³/mol. The minimum absolute atomic E-state index is 0.0754. The maximum absolute atomic E-state index is 10.6. The average Bonchev–Trinajstić information content (AvgIpc) is 2.44. The van der Waals surface area contributed by atoms with Gasteiger partial charge in [0.25, 0.3) is 0 Å². The van der Waals surface area contributed by atoms with Crippen LogP contribution in [0.5, 0.6) is 0 Å². The zero-order valence-corrected chi connectivity index (χ0v) is 12.1. The smallest absolute Gasteiger partial charge is 0.475 e. The molecule has 3 N–H and O–H groups in total. The van der Waals surface area contributed by atoms with Crippen molar-refractivity contribution in [1.82, 2.24) is 0 Å². The monoisotopic (exact) mass is 299 g/mol. The van der Waals surface area contributed by atoms with Crippen LogP contribution in [0.15, 0.2) is 0 Å². The van der Waals surface area contributed by atoms with Crippen molar-refractivity contribution in [2.24, 2.45) is 5.73 Å². The molecule has 1 saturated heterocycles. The Kier molecular flexibility index (Phi) is 6.50. The lowest BCUT2D eigenvalue weighted by molar-refractivity contribution is -0.192. The molecule has 0 atom stereocenters. The Bertz CT molecular complexity index is 318. The van der Waals surface area contributed by atoms with Gasteiger partial charge in [0.2, 0.25) is 0 Å². The molecule has 118 valence electrons. The predicted octanol–water partition coefficient (Wildman–Crippen LogP) is 2.06. The number of hydrogen-bond acceptors (Lipinski definition) is 4. The summed E-state index contributed by atoms with van der Waals surface area (Å²) in [6.45, 7) is 8.96. The van der Waals surface area contributed by atoms with Gasteiger partial charge in [-0.05, 0) is 47.0 Å². The highest BCUT2D eigenvalue weighted by atomic mass is 19.4. The van der Waals surface area contributed by atoms with Gasteiger partial charge in [0.15, 0.2) is 0 Å². The Balaban J connectivity index is 0.000000441. The molecule has 0 aromatic heterocycles. The number of carbonyl (C=O) groups is 1. The maximum atomic E-state index is 10.6. The summed E-state index contributed by atoms with van der Waals surface area (Å²) in [6.07, 6.45) is -3.24. The van der Waals surface area contributed by atoms with Crippen LogP contribution in [-0.4, -0.2) is 42.1 Å². The van der Waals surface area contributed by atoms with Gasteiger partial charge in [-0.15, -0.1) is 0 Å². The molecule has 0 bridgehead atoms. The van der Waals surface area contributed by atoms with Crippen molar-refractivity contribution in [3.63, 3.8) is 0 Å². The molecule has 5 nitrogen and oxygen atoms in total. The molecule has 0 saturated carbocycles. The van der Waals surface area contributed by atoms with Gasteiger partial charge in [-0.25, -0.2) is 4.79 Å². The van der Waals surface area contributed by atoms with E-state index in [2.05, 4.69) is 27.7 Å². The third-order valence-electron chi connectivity index (χ3n) is 3.19. The van der Waals surface area contributed by atoms with Crippen molar-refractivity contribution in [1.29, 1.82) is 0 Å². The summed E-state index contributed by atoms with van der Waals surface area (Å²) in [5.74, 6) is -2.76. The van der Waals surface area contributed by atoms with Crippen LogP contribution in [0, 0.1) is 0 Å². The molecular weight excluding hydrogens is 278 g/mol. The van der Waals surface area contributed by atoms with Gasteiger partial charge in [0.05, 0.1) is 11.2 Å². The number of carboxylic acids is 1. The second kappa shape index (κ2) is 6.77. The fourth-order valence-electron chi connectivity index (χ4n) is 1.37. The molecule has 0 amide bonds. The van der Waals surface area contributed by atoms with E-state index in [9.17, 15) is 13.2 Å². The minimum Gasteiger partial charge on any atom is -0.475 e. The first-order valence-electron chi connectivity index (χ1n) is 6.19. The van der Waals surface area contributed by atoms with E-state index in [0.717, 1.165) is 12.7 Å². The highest BCUT2D eigenvalue weighted by Gasteiger charge is 2.50. The van der Waals surface area contributed by atoms with Crippen molar-refractivity contribution < 1.29 is 32.4 Å². The molecular formula is C11H21BF3NO4. The zero-order chi connectivity index (χ0) is 16.2. The van der Waals surface area contributed by atoms with Gasteiger partial charge in [-0.1, -0.05) is 0 Å². The SMILES string of the molecule is CC1(C)OB(CCCN)OC1(C)C.O=C(O)C(F)(F)F. The first kappa shape index (κ1) is 19.2. The van der Waals surface area contributed by atoms with E-state index in [1.165, 1.54) is 0 Å². The molecule has 0 aliphatic carbocycles. The Hall–Kier alpha value is -0.795. The molecule has 0 radical (unpaired) electrons. The van der Waals surface area contributed by atoms with Gasteiger partial charge in [0.1, 0.15) is 0 Å². The van der Waals surface area contributed by atoms with Gasteiger partial charge in [-0.2, -0.15) is 13.2 Å². The molecule has 0 unspecified atom stereocenters. The van der Waals surface area contributed by atoms with E-state index >= 15 is 0 Å². The van der Waals surface area contributed by atoms with Crippen LogP contribution in [-0.2, 0) is 14.1 Å². The molecule has 1 aliphatic rings. The van der Waals surface area contributed by atoms with Gasteiger partial charge in [-0.3, -0.25) is 0 Å². The van der Waals surface area contributed by atoms with E-state index in [1.807, 2.05) is 0 Å². The molecule has 1 rings (SSSR count). The quantitative estimate of drug-likeness (QED) is 0.780. The van der Waals surface area contributed by atoms with Crippen LogP contribution in [0.4, 0.5) is 13.2 Å². The highest BCUT2D eigenvalue weighted by Crippen LogP contribution is 2.37. The van der Waals surface area contributed by atoms with Gasteiger partial charge in [0, 0.05) is 0 Å². The van der Waals surface area contributed by atoms with Gasteiger partial charge >= 0.3 is 19.3 Å². The molecule has 0 spiro atoms. The van der Waals surface area contributed by atoms with Crippen LogP contribution >= 0.6 is 0 Å². The summed E-state index contributed by atoms with van der Waals surface area (Å²) in [7, 11) is -0.0754. The molecule has 0 aromatic rings. The van der Waals surface area contributed by atoms with Crippen molar-refractivity contribution >= 4 is 13.1 Å². The second-order valence-electron chi connectivity index (χ2n) is 5.42. The standard InChI is InChI=1S/C9H20BNO2.C2HF3O2/c1-8(2)9(3,4)13-10(12-8)6-5-7-11;3-2(4,5)1(6)7/h5-7,11H2,1-4H3;(H,6,7). The lowest BCUT2D eigenvalue weighted by Gasteiger charge is -2.32. The molecule has 1 heterocycles. The summed E-state index contributed by atoms with van der Waals surface area (Å²) >= 11 is 0. The molecule has 0 aromatic carbocycles. The summed E-state index contributed by atoms with van der Waals surface area (Å²) < 4.78 is 43.3. The first-order chi connectivity index (χ1) is 8.83. The Morgan fingerprint density at radius 1 is 1.20 bits per heavy atom. The topological polar surface area (TPSA) is 81.8 Å². The second-order valence-corrected chi connectivity index (χ2v) is 5.42. The number of hydrogen-bond donors (Lipinski definition) is 2. The van der Waals surface area contributed by atoms with Crippen molar-refractivity contribution in [2.45, 2.75) is 57.8 Å². The lowest BCUT2D eigenvalue weighted by atomic mass is 9.83. The largest absolute Gasteiger partial charge is 0.490 e. The van der Waals surface area contributed by atoms with E-state index in [0.29, 0.717) is 6.54 Å². The lowest BCUT2D eigenvalue weighted by Crippen LogP contribution is -2.41. The summed E-state index contributed by atoms with van der Waals surface area (Å²) in [4.78, 5) is 8.90. The average molecular weight is 299 g/mol. The van der Waals surface area contributed by atoms with Crippen LogP contribution in [0.1, 0.15) is 34.1 Å². The number of rotatable bonds is 3. The number of aliphatic carboxylic acids is 1. The molecule has 1 aliphatic heterocycles. The molecule has 1 fully saturated rings. The number of carboxylic acid groups (broad SMARTS) is 1. The normalized spacial score (nSPS) is 20.3. The fraction of sp³-hybridized carbons (Fsp3) is 0.909. The fourth-order valence-corrected chi connectivity index (χ4v) is 1.37. The van der Waals surface area contributed by atoms with E-state index in [4.69, 9.17) is 24.9 Å². The third-order valence-corrected chi connectivity index (χ3v) is 3.19. The summed E-state index contributed by atoms with van der Waals surface area (Å²) in [5, 5.41) is 7.12. The Morgan fingerprint density at radius 2 is 1.55 bits per heavy atom. The van der Waals surface area contributed by atoms with Crippen LogP contribution < -0.4 is 5.73 Å². The van der Waals surface area contributed by atoms with Crippen LogP contribution in [0.2, 0.25) is 6.32 Å². The summed E-state index contributed by atoms with van der Waals surface area (Å²) in [5.41, 5.74) is 5.03. The molecule has 20 heavy (non-hydrogen) atoms. The van der Waals surface area contributed by atoms with E-state index in [1.54, 1.807) is 0 Å². The van der Waals surface area contributed by atoms with Crippen molar-refractivity contribution in [3.05, 3.63) is 0 Å². The first-order valence-corrected chi connectivity index (χ1v) is 6.19. The van der Waals surface area contributed by atoms with E-state index in [-0.39, 0.29) is 18.3 Å². The molecule has 9 heteroatoms. The summed E-state index contributed by atoms with van der Waals surface area (Å²) in [6, 6.07) is 0. The minimum atomic E-state index is -5.08. The number of nitrogens with two attached hydrogens (primary N) is 1. The number of halogens is 3. The maximum Gasteiger partial charge on any atom is 0.490 e. The van der Waals surface area contributed by atoms with Crippen LogP contribution in [0.25, 0.3) is 0 Å². The van der Waals surface area contributed by atoms with Crippen molar-refractivity contribution in [3.8, 4) is 0 Å². The number of alkyl halides is 3. The van der Waals surface area contributed by atoms with Crippen LogP contribution in [0.3, 0.4) is 0 Å². The third kappa shape index (κ3) is 5.68. The van der Waals surface area contributed by atoms with E-state index < -0.39 is 12.1 Å². The van der Waals surface area contributed by atoms with Gasteiger partial charge < -0.3 is 20.1 Å².